The van der Waals surface area contributed by atoms with Crippen molar-refractivity contribution < 1.29 is 13.2 Å². The number of halogens is 3. The van der Waals surface area contributed by atoms with Crippen LogP contribution in [0, 0.1) is 41.5 Å². The van der Waals surface area contributed by atoms with Gasteiger partial charge in [0.2, 0.25) is 0 Å². The highest BCUT2D eigenvalue weighted by atomic mass is 19.4. The molecule has 0 radical (unpaired) electrons. The van der Waals surface area contributed by atoms with Gasteiger partial charge in [-0.3, -0.25) is 0 Å². The molecule has 318 valence electrons. The number of fused-ring (bicyclic) bond motifs is 3. The molecule has 2 aromatic heterocycles. The van der Waals surface area contributed by atoms with Gasteiger partial charge in [-0.15, -0.1) is 0 Å². The molecule has 0 saturated carbocycles. The Labute approximate surface area is 376 Å². The average molecular weight is 855 g/mol. The van der Waals surface area contributed by atoms with Gasteiger partial charge in [-0.25, -0.2) is 15.0 Å². The minimum Gasteiger partial charge on any atom is -0.308 e. The monoisotopic (exact) mass is 854 g/mol. The van der Waals surface area contributed by atoms with E-state index in [0.29, 0.717) is 34.2 Å². The zero-order chi connectivity index (χ0) is 45.1. The lowest BCUT2D eigenvalue weighted by Crippen LogP contribution is -2.05. The molecule has 0 aliphatic rings. The molecule has 0 unspecified atom stereocenters. The summed E-state index contributed by atoms with van der Waals surface area (Å²) in [6.07, 6.45) is -4.50. The molecule has 0 N–H and O–H groups in total. The molecule has 0 aliphatic heterocycles. The van der Waals surface area contributed by atoms with Gasteiger partial charge in [0.1, 0.15) is 0 Å². The largest absolute Gasteiger partial charge is 0.416 e. The molecule has 7 heteroatoms. The van der Waals surface area contributed by atoms with E-state index in [4.69, 9.17) is 15.0 Å². The minimum absolute atomic E-state index is 0.434. The van der Waals surface area contributed by atoms with Crippen molar-refractivity contribution in [3.8, 4) is 73.2 Å². The van der Waals surface area contributed by atoms with Gasteiger partial charge in [0.05, 0.1) is 22.3 Å². The van der Waals surface area contributed by atoms with Crippen molar-refractivity contribution in [3.05, 3.63) is 203 Å². The van der Waals surface area contributed by atoms with Crippen molar-refractivity contribution in [1.82, 2.24) is 19.5 Å². The van der Waals surface area contributed by atoms with E-state index in [9.17, 15) is 13.2 Å². The number of alkyl halides is 3. The smallest absolute Gasteiger partial charge is 0.308 e. The number of hydrogen-bond donors (Lipinski definition) is 0. The van der Waals surface area contributed by atoms with Gasteiger partial charge in [0.15, 0.2) is 17.5 Å². The molecule has 4 nitrogen and oxygen atoms in total. The molecule has 10 rings (SSSR count). The molecule has 8 aromatic carbocycles. The van der Waals surface area contributed by atoms with Crippen molar-refractivity contribution in [3.63, 3.8) is 0 Å². The zero-order valence-corrected chi connectivity index (χ0v) is 37.0. The highest BCUT2D eigenvalue weighted by Crippen LogP contribution is 2.43. The first kappa shape index (κ1) is 41.4. The van der Waals surface area contributed by atoms with Crippen LogP contribution < -0.4 is 0 Å². The van der Waals surface area contributed by atoms with E-state index >= 15 is 0 Å². The fourth-order valence-corrected chi connectivity index (χ4v) is 9.75. The fourth-order valence-electron chi connectivity index (χ4n) is 9.75. The van der Waals surface area contributed by atoms with Gasteiger partial charge in [0, 0.05) is 27.5 Å². The molecule has 0 amide bonds. The lowest BCUT2D eigenvalue weighted by Gasteiger charge is -2.17. The summed E-state index contributed by atoms with van der Waals surface area (Å²) in [6.45, 7) is 12.9. The summed E-state index contributed by atoms with van der Waals surface area (Å²) in [6, 6.07) is 53.1. The van der Waals surface area contributed by atoms with Crippen molar-refractivity contribution in [2.24, 2.45) is 0 Å². The third-order valence-electron chi connectivity index (χ3n) is 12.4. The van der Waals surface area contributed by atoms with Crippen LogP contribution in [0.2, 0.25) is 0 Å². The third-order valence-corrected chi connectivity index (χ3v) is 12.4. The second kappa shape index (κ2) is 16.2. The first-order valence-electron chi connectivity index (χ1n) is 21.7. The minimum atomic E-state index is -4.50. The Hall–Kier alpha value is -7.64. The Morgan fingerprint density at radius 1 is 0.385 bits per heavy atom. The molecule has 0 fully saturated rings. The average Bonchev–Trinajstić information content (AvgIpc) is 3.61. The fraction of sp³-hybridized carbons (Fsp3) is 0.121. The van der Waals surface area contributed by atoms with E-state index in [-0.39, 0.29) is 0 Å². The maximum Gasteiger partial charge on any atom is 0.416 e. The molecule has 10 aromatic rings. The Kier molecular flexibility index (Phi) is 10.3. The Balaban J connectivity index is 1.30. The van der Waals surface area contributed by atoms with E-state index in [0.717, 1.165) is 55.8 Å². The highest BCUT2D eigenvalue weighted by Gasteiger charge is 2.31. The van der Waals surface area contributed by atoms with Gasteiger partial charge in [-0.1, -0.05) is 126 Å². The molecule has 0 saturated heterocycles. The summed E-state index contributed by atoms with van der Waals surface area (Å²) < 4.78 is 44.8. The predicted molar refractivity (Wildman–Crippen MR) is 260 cm³/mol. The van der Waals surface area contributed by atoms with Gasteiger partial charge in [-0.05, 0) is 146 Å². The van der Waals surface area contributed by atoms with E-state index in [1.165, 1.54) is 56.6 Å². The highest BCUT2D eigenvalue weighted by molar-refractivity contribution is 6.12. The van der Waals surface area contributed by atoms with Crippen LogP contribution in [-0.2, 0) is 6.18 Å². The molecular formula is C58H45F3N4. The molecule has 0 aliphatic carbocycles. The second-order valence-corrected chi connectivity index (χ2v) is 17.2. The normalized spacial score (nSPS) is 11.8. The number of rotatable bonds is 7. The Morgan fingerprint density at radius 3 is 1.29 bits per heavy atom. The van der Waals surface area contributed by atoms with E-state index in [2.05, 4.69) is 107 Å². The topological polar surface area (TPSA) is 43.6 Å². The van der Waals surface area contributed by atoms with E-state index in [1.54, 1.807) is 6.07 Å². The van der Waals surface area contributed by atoms with Crippen molar-refractivity contribution in [1.29, 1.82) is 0 Å². The van der Waals surface area contributed by atoms with Crippen LogP contribution in [0.5, 0.6) is 0 Å². The first-order valence-corrected chi connectivity index (χ1v) is 21.7. The summed E-state index contributed by atoms with van der Waals surface area (Å²) in [5, 5.41) is 2.09. The van der Waals surface area contributed by atoms with Crippen LogP contribution in [0.15, 0.2) is 164 Å². The Morgan fingerprint density at radius 2 is 0.815 bits per heavy atom. The van der Waals surface area contributed by atoms with Gasteiger partial charge in [0.25, 0.3) is 0 Å². The summed E-state index contributed by atoms with van der Waals surface area (Å²) >= 11 is 0. The van der Waals surface area contributed by atoms with Crippen LogP contribution in [0.3, 0.4) is 0 Å². The summed E-state index contributed by atoms with van der Waals surface area (Å²) in [5.74, 6) is 1.45. The zero-order valence-electron chi connectivity index (χ0n) is 37.0. The molecular weight excluding hydrogens is 810 g/mol. The van der Waals surface area contributed by atoms with Crippen LogP contribution in [0.1, 0.15) is 38.9 Å². The maximum atomic E-state index is 14.2. The molecule has 2 heterocycles. The number of aryl methyl sites for hydroxylation is 6. The number of hydrogen-bond acceptors (Lipinski definition) is 3. The van der Waals surface area contributed by atoms with Crippen LogP contribution in [-0.4, -0.2) is 19.5 Å². The number of benzene rings is 8. The Bertz CT molecular complexity index is 3260. The quantitative estimate of drug-likeness (QED) is 0.160. The van der Waals surface area contributed by atoms with Crippen molar-refractivity contribution in [2.45, 2.75) is 47.7 Å². The van der Waals surface area contributed by atoms with Crippen LogP contribution >= 0.6 is 0 Å². The summed E-state index contributed by atoms with van der Waals surface area (Å²) in [5.41, 5.74) is 17.1. The predicted octanol–water partition coefficient (Wildman–Crippen LogP) is 15.8. The number of aromatic nitrogens is 4. The first-order chi connectivity index (χ1) is 31.3. The summed E-state index contributed by atoms with van der Waals surface area (Å²) in [4.78, 5) is 15.3. The summed E-state index contributed by atoms with van der Waals surface area (Å²) in [7, 11) is 0. The molecule has 0 atom stereocenters. The molecule has 0 bridgehead atoms. The third kappa shape index (κ3) is 7.67. The van der Waals surface area contributed by atoms with Crippen molar-refractivity contribution >= 4 is 21.8 Å². The van der Waals surface area contributed by atoms with E-state index < -0.39 is 11.7 Å². The lowest BCUT2D eigenvalue weighted by molar-refractivity contribution is -0.137. The van der Waals surface area contributed by atoms with E-state index in [1.807, 2.05) is 78.9 Å². The van der Waals surface area contributed by atoms with Gasteiger partial charge in [-0.2, -0.15) is 13.2 Å². The SMILES string of the molecule is Cc1cc(C)c(-c2ccc3c(c2)c2cc(-c4c(C)cc(C)cc4C)ccc2n3-c2cc(-c3cccc(C(F)(F)F)c3)ccc2-c2nc(-c3ccccc3)nc(-c3ccccc3)n2)c(C)c1. The maximum absolute atomic E-state index is 14.2. The second-order valence-electron chi connectivity index (χ2n) is 17.2. The molecule has 0 spiro atoms. The lowest BCUT2D eigenvalue weighted by atomic mass is 9.91. The number of nitrogens with zero attached hydrogens (tertiary/aromatic N) is 4. The van der Waals surface area contributed by atoms with Gasteiger partial charge < -0.3 is 4.57 Å². The van der Waals surface area contributed by atoms with Crippen molar-refractivity contribution in [2.75, 3.05) is 0 Å². The standard InChI is InChI=1S/C58H45F3N4/c1-34-26-36(3)53(37(4)27-34)44-21-24-50-48(31-44)49-32-45(54-38(5)28-35(2)29-39(54)6)22-25-51(49)65(50)52-33-43(42-18-13-19-46(30-42)58(59,60)61)20-23-47(52)57-63-55(40-14-9-7-10-15-40)62-56(64-57)41-16-11-8-12-17-41/h7-33H,1-6H3. The van der Waals surface area contributed by atoms with Crippen LogP contribution in [0.25, 0.3) is 95.0 Å². The molecule has 65 heavy (non-hydrogen) atoms. The van der Waals surface area contributed by atoms with Gasteiger partial charge >= 0.3 is 6.18 Å². The van der Waals surface area contributed by atoms with Crippen LogP contribution in [0.4, 0.5) is 13.2 Å².